The molecular formula is C14H16Cl2N4S. The molecule has 3 rings (SSSR count). The van der Waals surface area contributed by atoms with Gasteiger partial charge in [0.1, 0.15) is 0 Å². The summed E-state index contributed by atoms with van der Waals surface area (Å²) >= 11 is 13.8. The minimum Gasteiger partial charge on any atom is -0.347 e. The smallest absolute Gasteiger partial charge is 0.208 e. The third-order valence-corrected chi connectivity index (χ3v) is 5.65. The molecule has 0 aliphatic carbocycles. The second-order valence-electron chi connectivity index (χ2n) is 5.16. The lowest BCUT2D eigenvalue weighted by Gasteiger charge is -2.30. The van der Waals surface area contributed by atoms with Crippen molar-refractivity contribution in [3.05, 3.63) is 28.2 Å². The van der Waals surface area contributed by atoms with E-state index in [1.807, 2.05) is 12.1 Å². The lowest BCUT2D eigenvalue weighted by atomic mass is 9.98. The molecule has 112 valence electrons. The number of rotatable bonds is 3. The molecule has 2 heterocycles. The highest BCUT2D eigenvalue weighted by Gasteiger charge is 2.21. The third kappa shape index (κ3) is 3.16. The number of nitrogens with two attached hydrogens (primary N) is 1. The zero-order chi connectivity index (χ0) is 14.8. The van der Waals surface area contributed by atoms with Crippen LogP contribution in [0.25, 0.3) is 10.6 Å². The monoisotopic (exact) mass is 342 g/mol. The van der Waals surface area contributed by atoms with Gasteiger partial charge in [-0.25, -0.2) is 0 Å². The van der Waals surface area contributed by atoms with Gasteiger partial charge >= 0.3 is 0 Å². The van der Waals surface area contributed by atoms with Gasteiger partial charge < -0.3 is 10.6 Å². The maximum absolute atomic E-state index is 6.24. The summed E-state index contributed by atoms with van der Waals surface area (Å²) in [5.41, 5.74) is 6.56. The van der Waals surface area contributed by atoms with Gasteiger partial charge in [0.15, 0.2) is 5.01 Å². The molecule has 1 saturated heterocycles. The Bertz CT molecular complexity index is 623. The van der Waals surface area contributed by atoms with Crippen molar-refractivity contribution in [2.24, 2.45) is 11.7 Å². The minimum atomic E-state index is 0.531. The van der Waals surface area contributed by atoms with Crippen LogP contribution in [-0.4, -0.2) is 29.8 Å². The van der Waals surface area contributed by atoms with E-state index in [9.17, 15) is 0 Å². The average molecular weight is 343 g/mol. The second-order valence-corrected chi connectivity index (χ2v) is 6.90. The standard InChI is InChI=1S/C14H16Cl2N4S/c15-11-3-1-2-10(12(11)16)13-18-19-14(21-13)20-6-4-9(8-17)5-7-20/h1-3,9H,4-8,17H2. The molecular weight excluding hydrogens is 327 g/mol. The first-order chi connectivity index (χ1) is 10.2. The van der Waals surface area contributed by atoms with Crippen molar-refractivity contribution in [1.82, 2.24) is 10.2 Å². The number of hydrogen-bond acceptors (Lipinski definition) is 5. The molecule has 1 aromatic heterocycles. The lowest BCUT2D eigenvalue weighted by Crippen LogP contribution is -2.35. The maximum Gasteiger partial charge on any atom is 0.208 e. The highest BCUT2D eigenvalue weighted by molar-refractivity contribution is 7.18. The number of anilines is 1. The summed E-state index contributed by atoms with van der Waals surface area (Å²) < 4.78 is 0. The first-order valence-corrected chi connectivity index (χ1v) is 8.49. The summed E-state index contributed by atoms with van der Waals surface area (Å²) in [6.07, 6.45) is 2.23. The summed E-state index contributed by atoms with van der Waals surface area (Å²) in [7, 11) is 0. The van der Waals surface area contributed by atoms with E-state index in [4.69, 9.17) is 28.9 Å². The molecule has 2 N–H and O–H groups in total. The SMILES string of the molecule is NCC1CCN(c2nnc(-c3cccc(Cl)c3Cl)s2)CC1. The highest BCUT2D eigenvalue weighted by atomic mass is 35.5. The summed E-state index contributed by atoms with van der Waals surface area (Å²) in [5.74, 6) is 0.635. The minimum absolute atomic E-state index is 0.531. The Morgan fingerprint density at radius 2 is 2.00 bits per heavy atom. The van der Waals surface area contributed by atoms with Crippen LogP contribution in [0.2, 0.25) is 10.0 Å². The van der Waals surface area contributed by atoms with Gasteiger partial charge in [-0.05, 0) is 31.4 Å². The molecule has 21 heavy (non-hydrogen) atoms. The van der Waals surface area contributed by atoms with E-state index >= 15 is 0 Å². The summed E-state index contributed by atoms with van der Waals surface area (Å²) in [4.78, 5) is 2.27. The number of aromatic nitrogens is 2. The van der Waals surface area contributed by atoms with Gasteiger partial charge in [0.2, 0.25) is 5.13 Å². The number of halogens is 2. The first kappa shape index (κ1) is 15.0. The zero-order valence-corrected chi connectivity index (χ0v) is 13.8. The van der Waals surface area contributed by atoms with Crippen LogP contribution in [0.1, 0.15) is 12.8 Å². The fraction of sp³-hybridized carbons (Fsp3) is 0.429. The Balaban J connectivity index is 1.79. The number of benzene rings is 1. The number of hydrogen-bond donors (Lipinski definition) is 1. The van der Waals surface area contributed by atoms with Gasteiger partial charge in [-0.1, -0.05) is 46.7 Å². The van der Waals surface area contributed by atoms with Crippen molar-refractivity contribution in [2.75, 3.05) is 24.5 Å². The Morgan fingerprint density at radius 1 is 1.24 bits per heavy atom. The van der Waals surface area contributed by atoms with Gasteiger partial charge in [-0.15, -0.1) is 10.2 Å². The second kappa shape index (κ2) is 6.48. The first-order valence-electron chi connectivity index (χ1n) is 6.92. The molecule has 0 saturated carbocycles. The van der Waals surface area contributed by atoms with E-state index in [-0.39, 0.29) is 0 Å². The summed E-state index contributed by atoms with van der Waals surface area (Å²) in [5, 5.41) is 11.4. The predicted molar refractivity (Wildman–Crippen MR) is 89.4 cm³/mol. The molecule has 2 aromatic rings. The van der Waals surface area contributed by atoms with Gasteiger partial charge in [0, 0.05) is 18.7 Å². The van der Waals surface area contributed by atoms with Crippen molar-refractivity contribution < 1.29 is 0 Å². The Labute approximate surface area is 137 Å². The van der Waals surface area contributed by atoms with E-state index < -0.39 is 0 Å². The molecule has 0 atom stereocenters. The Kier molecular flexibility index (Phi) is 4.64. The van der Waals surface area contributed by atoms with Crippen LogP contribution in [0.4, 0.5) is 5.13 Å². The van der Waals surface area contributed by atoms with Crippen molar-refractivity contribution in [3.63, 3.8) is 0 Å². The van der Waals surface area contributed by atoms with Crippen LogP contribution >= 0.6 is 34.5 Å². The molecule has 1 aliphatic heterocycles. The third-order valence-electron chi connectivity index (χ3n) is 3.81. The molecule has 1 aliphatic rings. The molecule has 0 unspecified atom stereocenters. The molecule has 1 aromatic carbocycles. The van der Waals surface area contributed by atoms with Crippen LogP contribution in [0.15, 0.2) is 18.2 Å². The number of nitrogens with zero attached hydrogens (tertiary/aromatic N) is 3. The summed E-state index contributed by atoms with van der Waals surface area (Å²) in [6.45, 7) is 2.74. The van der Waals surface area contributed by atoms with E-state index in [0.717, 1.165) is 48.2 Å². The van der Waals surface area contributed by atoms with Crippen LogP contribution < -0.4 is 10.6 Å². The van der Waals surface area contributed by atoms with Crippen molar-refractivity contribution in [1.29, 1.82) is 0 Å². The maximum atomic E-state index is 6.24. The molecule has 0 bridgehead atoms. The van der Waals surface area contributed by atoms with Crippen molar-refractivity contribution >= 4 is 39.7 Å². The van der Waals surface area contributed by atoms with Crippen LogP contribution in [-0.2, 0) is 0 Å². The van der Waals surface area contributed by atoms with Gasteiger partial charge in [0.05, 0.1) is 10.0 Å². The van der Waals surface area contributed by atoms with E-state index in [1.165, 1.54) is 0 Å². The molecule has 0 radical (unpaired) electrons. The Hall–Kier alpha value is -0.880. The average Bonchev–Trinajstić information content (AvgIpc) is 3.00. The van der Waals surface area contributed by atoms with Crippen molar-refractivity contribution in [3.8, 4) is 10.6 Å². The highest BCUT2D eigenvalue weighted by Crippen LogP contribution is 2.37. The molecule has 0 spiro atoms. The van der Waals surface area contributed by atoms with E-state index in [2.05, 4.69) is 15.1 Å². The number of piperidine rings is 1. The topological polar surface area (TPSA) is 55.0 Å². The van der Waals surface area contributed by atoms with Crippen LogP contribution in [0, 0.1) is 5.92 Å². The van der Waals surface area contributed by atoms with Crippen molar-refractivity contribution in [2.45, 2.75) is 12.8 Å². The van der Waals surface area contributed by atoms with Gasteiger partial charge in [-0.2, -0.15) is 0 Å². The molecule has 7 heteroatoms. The zero-order valence-electron chi connectivity index (χ0n) is 11.4. The van der Waals surface area contributed by atoms with Crippen LogP contribution in [0.5, 0.6) is 0 Å². The molecule has 4 nitrogen and oxygen atoms in total. The largest absolute Gasteiger partial charge is 0.347 e. The van der Waals surface area contributed by atoms with E-state index in [0.29, 0.717) is 16.0 Å². The predicted octanol–water partition coefficient (Wildman–Crippen LogP) is 3.69. The molecule has 0 amide bonds. The quantitative estimate of drug-likeness (QED) is 0.924. The lowest BCUT2D eigenvalue weighted by molar-refractivity contribution is 0.414. The van der Waals surface area contributed by atoms with Gasteiger partial charge in [0.25, 0.3) is 0 Å². The van der Waals surface area contributed by atoms with Crippen LogP contribution in [0.3, 0.4) is 0 Å². The summed E-state index contributed by atoms with van der Waals surface area (Å²) in [6, 6.07) is 5.56. The Morgan fingerprint density at radius 3 is 2.71 bits per heavy atom. The normalized spacial score (nSPS) is 16.4. The van der Waals surface area contributed by atoms with Gasteiger partial charge in [-0.3, -0.25) is 0 Å². The van der Waals surface area contributed by atoms with E-state index in [1.54, 1.807) is 17.4 Å². The fourth-order valence-electron chi connectivity index (χ4n) is 2.48. The molecule has 1 fully saturated rings. The fourth-order valence-corrected chi connectivity index (χ4v) is 3.86.